The molecule has 1 unspecified atom stereocenters. The molecule has 0 amide bonds. The lowest BCUT2D eigenvalue weighted by Crippen LogP contribution is -2.30. The molecule has 0 saturated heterocycles. The van der Waals surface area contributed by atoms with Crippen LogP contribution in [-0.2, 0) is 28.6 Å². The number of allylic oxidation sites excluding steroid dienone is 6. The standard InChI is InChI=1S/C59H108O6/c1-4-7-10-13-15-17-19-20-21-22-23-24-25-26-27-28-29-30-31-32-33-34-35-36-37-38-40-41-43-46-49-52-58(61)64-55-56(54-63-57(60)51-48-45-12-9-6-3)65-59(62)53-50-47-44-42-39-18-16-14-11-8-5-2/h19-20,22-23,25-26,56H,4-18,21,24,27-55H2,1-3H3/b20-19-,23-22-,26-25-. The number of rotatable bonds is 52. The molecule has 0 rings (SSSR count). The number of carbonyl (C=O) groups excluding carboxylic acids is 3. The summed E-state index contributed by atoms with van der Waals surface area (Å²) >= 11 is 0. The smallest absolute Gasteiger partial charge is 0.306 e. The fraction of sp³-hybridized carbons (Fsp3) is 0.847. The van der Waals surface area contributed by atoms with E-state index in [0.29, 0.717) is 19.3 Å². The molecular formula is C59H108O6. The maximum atomic E-state index is 12.7. The van der Waals surface area contributed by atoms with Crippen LogP contribution in [0.25, 0.3) is 0 Å². The fourth-order valence-electron chi connectivity index (χ4n) is 8.33. The first-order chi connectivity index (χ1) is 32.0. The van der Waals surface area contributed by atoms with Crippen LogP contribution in [0.4, 0.5) is 0 Å². The molecule has 0 aliphatic heterocycles. The molecule has 0 saturated carbocycles. The molecule has 0 aliphatic rings. The van der Waals surface area contributed by atoms with Crippen molar-refractivity contribution in [2.75, 3.05) is 13.2 Å². The summed E-state index contributed by atoms with van der Waals surface area (Å²) in [6.45, 7) is 6.56. The van der Waals surface area contributed by atoms with E-state index in [-0.39, 0.29) is 31.1 Å². The van der Waals surface area contributed by atoms with Crippen molar-refractivity contribution in [2.24, 2.45) is 0 Å². The molecule has 0 bridgehead atoms. The Morgan fingerprint density at radius 2 is 0.554 bits per heavy atom. The van der Waals surface area contributed by atoms with E-state index >= 15 is 0 Å². The molecule has 0 radical (unpaired) electrons. The molecule has 380 valence electrons. The SMILES string of the molecule is CCCCCCC/C=C\C/C=C\C/C=C\CCCCCCCCCCCCCCCCCCC(=O)OCC(COC(=O)CCCCCCC)OC(=O)CCCCCCCCCCCCC. The van der Waals surface area contributed by atoms with E-state index in [9.17, 15) is 14.4 Å². The molecule has 1 atom stereocenters. The minimum Gasteiger partial charge on any atom is -0.462 e. The van der Waals surface area contributed by atoms with Gasteiger partial charge in [-0.25, -0.2) is 0 Å². The van der Waals surface area contributed by atoms with Crippen molar-refractivity contribution in [3.63, 3.8) is 0 Å². The number of hydrogen-bond acceptors (Lipinski definition) is 6. The maximum absolute atomic E-state index is 12.7. The normalized spacial score (nSPS) is 12.2. The van der Waals surface area contributed by atoms with Gasteiger partial charge in [0.25, 0.3) is 0 Å². The van der Waals surface area contributed by atoms with Gasteiger partial charge >= 0.3 is 17.9 Å². The van der Waals surface area contributed by atoms with Crippen LogP contribution in [0.5, 0.6) is 0 Å². The predicted molar refractivity (Wildman–Crippen MR) is 279 cm³/mol. The second-order valence-corrected chi connectivity index (χ2v) is 19.2. The van der Waals surface area contributed by atoms with Gasteiger partial charge in [-0.15, -0.1) is 0 Å². The van der Waals surface area contributed by atoms with Crippen LogP contribution in [0.3, 0.4) is 0 Å². The quantitative estimate of drug-likeness (QED) is 0.0262. The zero-order valence-electron chi connectivity index (χ0n) is 43.5. The number of ether oxygens (including phenoxy) is 3. The van der Waals surface area contributed by atoms with Gasteiger partial charge in [-0.2, -0.15) is 0 Å². The van der Waals surface area contributed by atoms with E-state index in [0.717, 1.165) is 77.0 Å². The van der Waals surface area contributed by atoms with Crippen LogP contribution in [-0.4, -0.2) is 37.2 Å². The maximum Gasteiger partial charge on any atom is 0.306 e. The molecule has 0 fully saturated rings. The Kier molecular flexibility index (Phi) is 52.3. The molecule has 0 aliphatic carbocycles. The van der Waals surface area contributed by atoms with Gasteiger partial charge in [-0.05, 0) is 57.8 Å². The minimum absolute atomic E-state index is 0.0680. The average molecular weight is 914 g/mol. The Bertz CT molecular complexity index is 1090. The summed E-state index contributed by atoms with van der Waals surface area (Å²) in [4.78, 5) is 37.6. The predicted octanol–water partition coefficient (Wildman–Crippen LogP) is 18.9. The Labute approximate surface area is 404 Å². The number of esters is 3. The summed E-state index contributed by atoms with van der Waals surface area (Å²) in [6, 6.07) is 0. The molecule has 0 heterocycles. The van der Waals surface area contributed by atoms with Crippen LogP contribution in [0.2, 0.25) is 0 Å². The van der Waals surface area contributed by atoms with E-state index in [4.69, 9.17) is 14.2 Å². The van der Waals surface area contributed by atoms with Gasteiger partial charge in [-0.3, -0.25) is 14.4 Å². The zero-order valence-corrected chi connectivity index (χ0v) is 43.5. The third kappa shape index (κ3) is 52.5. The van der Waals surface area contributed by atoms with Crippen molar-refractivity contribution in [1.29, 1.82) is 0 Å². The van der Waals surface area contributed by atoms with E-state index in [1.807, 2.05) is 0 Å². The fourth-order valence-corrected chi connectivity index (χ4v) is 8.33. The lowest BCUT2D eigenvalue weighted by Gasteiger charge is -2.18. The molecule has 0 spiro atoms. The molecule has 65 heavy (non-hydrogen) atoms. The number of hydrogen-bond donors (Lipinski definition) is 0. The number of carbonyl (C=O) groups is 3. The summed E-state index contributed by atoms with van der Waals surface area (Å²) in [5.41, 5.74) is 0. The van der Waals surface area contributed by atoms with Gasteiger partial charge in [-0.1, -0.05) is 263 Å². The van der Waals surface area contributed by atoms with Crippen molar-refractivity contribution >= 4 is 17.9 Å². The Morgan fingerprint density at radius 3 is 0.862 bits per heavy atom. The van der Waals surface area contributed by atoms with Crippen LogP contribution >= 0.6 is 0 Å². The minimum atomic E-state index is -0.762. The third-order valence-electron chi connectivity index (χ3n) is 12.6. The third-order valence-corrected chi connectivity index (χ3v) is 12.6. The van der Waals surface area contributed by atoms with Gasteiger partial charge in [0.05, 0.1) is 0 Å². The summed E-state index contributed by atoms with van der Waals surface area (Å²) in [5, 5.41) is 0. The summed E-state index contributed by atoms with van der Waals surface area (Å²) in [7, 11) is 0. The first-order valence-electron chi connectivity index (χ1n) is 28.5. The molecular weight excluding hydrogens is 805 g/mol. The molecule has 6 heteroatoms. The van der Waals surface area contributed by atoms with E-state index < -0.39 is 6.10 Å². The Balaban J connectivity index is 3.90. The monoisotopic (exact) mass is 913 g/mol. The van der Waals surface area contributed by atoms with Crippen molar-refractivity contribution < 1.29 is 28.6 Å². The van der Waals surface area contributed by atoms with Gasteiger partial charge in [0.2, 0.25) is 0 Å². The topological polar surface area (TPSA) is 78.9 Å². The van der Waals surface area contributed by atoms with Gasteiger partial charge in [0.1, 0.15) is 13.2 Å². The van der Waals surface area contributed by atoms with Gasteiger partial charge < -0.3 is 14.2 Å². The highest BCUT2D eigenvalue weighted by atomic mass is 16.6. The largest absolute Gasteiger partial charge is 0.462 e. The van der Waals surface area contributed by atoms with Crippen molar-refractivity contribution in [3.05, 3.63) is 36.5 Å². The second kappa shape index (κ2) is 54.2. The number of unbranched alkanes of at least 4 members (excludes halogenated alkanes) is 35. The lowest BCUT2D eigenvalue weighted by molar-refractivity contribution is -0.167. The van der Waals surface area contributed by atoms with Crippen molar-refractivity contribution in [2.45, 2.75) is 309 Å². The van der Waals surface area contributed by atoms with Crippen LogP contribution < -0.4 is 0 Å². The van der Waals surface area contributed by atoms with E-state index in [2.05, 4.69) is 57.2 Å². The highest BCUT2D eigenvalue weighted by molar-refractivity contribution is 5.71. The first-order valence-corrected chi connectivity index (χ1v) is 28.5. The molecule has 0 aromatic carbocycles. The van der Waals surface area contributed by atoms with Gasteiger partial charge in [0, 0.05) is 19.3 Å². The summed E-state index contributed by atoms with van der Waals surface area (Å²) < 4.78 is 16.7. The highest BCUT2D eigenvalue weighted by Crippen LogP contribution is 2.16. The molecule has 6 nitrogen and oxygen atoms in total. The first kappa shape index (κ1) is 62.6. The van der Waals surface area contributed by atoms with E-state index in [1.54, 1.807) is 0 Å². The second-order valence-electron chi connectivity index (χ2n) is 19.2. The molecule has 0 N–H and O–H groups in total. The van der Waals surface area contributed by atoms with Gasteiger partial charge in [0.15, 0.2) is 6.10 Å². The Hall–Kier alpha value is -2.37. The Morgan fingerprint density at radius 1 is 0.308 bits per heavy atom. The molecule has 0 aromatic rings. The summed E-state index contributed by atoms with van der Waals surface area (Å²) in [6.07, 6.45) is 64.9. The van der Waals surface area contributed by atoms with E-state index in [1.165, 1.54) is 186 Å². The zero-order chi connectivity index (χ0) is 47.2. The summed E-state index contributed by atoms with van der Waals surface area (Å²) in [5.74, 6) is -0.871. The lowest BCUT2D eigenvalue weighted by atomic mass is 10.0. The highest BCUT2D eigenvalue weighted by Gasteiger charge is 2.19. The molecule has 0 aromatic heterocycles. The van der Waals surface area contributed by atoms with Crippen molar-refractivity contribution in [1.82, 2.24) is 0 Å². The van der Waals surface area contributed by atoms with Crippen LogP contribution in [0, 0.1) is 0 Å². The average Bonchev–Trinajstić information content (AvgIpc) is 3.30. The van der Waals surface area contributed by atoms with Crippen LogP contribution in [0.1, 0.15) is 303 Å². The van der Waals surface area contributed by atoms with Crippen LogP contribution in [0.15, 0.2) is 36.5 Å². The van der Waals surface area contributed by atoms with Crippen molar-refractivity contribution in [3.8, 4) is 0 Å².